The summed E-state index contributed by atoms with van der Waals surface area (Å²) in [6.45, 7) is 2.11. The van der Waals surface area contributed by atoms with E-state index in [1.165, 1.54) is 16.0 Å². The highest BCUT2D eigenvalue weighted by atomic mass is 32.1. The van der Waals surface area contributed by atoms with Gasteiger partial charge in [0.2, 0.25) is 0 Å². The van der Waals surface area contributed by atoms with Crippen molar-refractivity contribution >= 4 is 11.3 Å². The van der Waals surface area contributed by atoms with E-state index in [9.17, 15) is 0 Å². The molecule has 0 saturated heterocycles. The first-order chi connectivity index (χ1) is 8.24. The Balaban J connectivity index is 2.28. The molecule has 2 nitrogen and oxygen atoms in total. The van der Waals surface area contributed by atoms with E-state index in [0.717, 1.165) is 0 Å². The van der Waals surface area contributed by atoms with Gasteiger partial charge in [0.05, 0.1) is 12.1 Å². The smallest absolute Gasteiger partial charge is 0.0590 e. The largest absolute Gasteiger partial charge is 0.322 e. The van der Waals surface area contributed by atoms with Gasteiger partial charge in [0.25, 0.3) is 0 Å². The van der Waals surface area contributed by atoms with Crippen molar-refractivity contribution in [3.05, 3.63) is 57.8 Å². The molecule has 3 N–H and O–H groups in total. The molecule has 0 fully saturated rings. The number of nitrogens with two attached hydrogens (primary N) is 1. The van der Waals surface area contributed by atoms with E-state index in [4.69, 9.17) is 5.73 Å². The summed E-state index contributed by atoms with van der Waals surface area (Å²) in [6.07, 6.45) is 0. The quantitative estimate of drug-likeness (QED) is 0.870. The van der Waals surface area contributed by atoms with E-state index in [0.29, 0.717) is 0 Å². The first-order valence-electron chi connectivity index (χ1n) is 5.76. The number of aryl methyl sites for hydroxylation is 1. The number of likely N-dealkylation sites (N-methyl/N-ethyl adjacent to an activating group) is 1. The predicted molar refractivity (Wildman–Crippen MR) is 74.2 cm³/mol. The molecular formula is C14H18N2S. The minimum atomic E-state index is 0.00222. The predicted octanol–water partition coefficient (Wildman–Crippen LogP) is 3.02. The SMILES string of the molecule is CNC(c1ccccc1)C(N)c1sccc1C. The van der Waals surface area contributed by atoms with Crippen molar-refractivity contribution in [3.8, 4) is 0 Å². The second kappa shape index (κ2) is 5.45. The minimum absolute atomic E-state index is 0.00222. The Labute approximate surface area is 106 Å². The Hall–Kier alpha value is -1.16. The third kappa shape index (κ3) is 2.57. The zero-order valence-electron chi connectivity index (χ0n) is 10.2. The Kier molecular flexibility index (Phi) is 3.94. The summed E-state index contributed by atoms with van der Waals surface area (Å²) in [5.41, 5.74) is 8.88. The maximum atomic E-state index is 6.37. The van der Waals surface area contributed by atoms with Crippen molar-refractivity contribution in [1.82, 2.24) is 5.32 Å². The van der Waals surface area contributed by atoms with Crippen molar-refractivity contribution in [3.63, 3.8) is 0 Å². The average Bonchev–Trinajstić information content (AvgIpc) is 2.77. The fourth-order valence-corrected chi connectivity index (χ4v) is 3.06. The monoisotopic (exact) mass is 246 g/mol. The fraction of sp³-hybridized carbons (Fsp3) is 0.286. The van der Waals surface area contributed by atoms with Crippen LogP contribution in [0.4, 0.5) is 0 Å². The molecule has 0 bridgehead atoms. The van der Waals surface area contributed by atoms with Crippen molar-refractivity contribution in [2.24, 2.45) is 5.73 Å². The van der Waals surface area contributed by atoms with E-state index in [1.807, 2.05) is 25.2 Å². The summed E-state index contributed by atoms with van der Waals surface area (Å²) in [7, 11) is 1.96. The van der Waals surface area contributed by atoms with Crippen LogP contribution in [0.15, 0.2) is 41.8 Å². The first-order valence-corrected chi connectivity index (χ1v) is 6.63. The Morgan fingerprint density at radius 3 is 2.41 bits per heavy atom. The molecule has 1 aromatic heterocycles. The van der Waals surface area contributed by atoms with Gasteiger partial charge < -0.3 is 11.1 Å². The molecule has 0 aliphatic heterocycles. The highest BCUT2D eigenvalue weighted by molar-refractivity contribution is 7.10. The summed E-state index contributed by atoms with van der Waals surface area (Å²) in [4.78, 5) is 1.26. The summed E-state index contributed by atoms with van der Waals surface area (Å²) in [5.74, 6) is 0. The molecule has 3 heteroatoms. The van der Waals surface area contributed by atoms with Crippen molar-refractivity contribution in [2.45, 2.75) is 19.0 Å². The van der Waals surface area contributed by atoms with Gasteiger partial charge in [-0.05, 0) is 36.5 Å². The summed E-state index contributed by atoms with van der Waals surface area (Å²) >= 11 is 1.73. The zero-order valence-corrected chi connectivity index (χ0v) is 11.0. The summed E-state index contributed by atoms with van der Waals surface area (Å²) in [5, 5.41) is 5.41. The van der Waals surface area contributed by atoms with Crippen LogP contribution >= 0.6 is 11.3 Å². The van der Waals surface area contributed by atoms with Crippen molar-refractivity contribution in [1.29, 1.82) is 0 Å². The average molecular weight is 246 g/mol. The Bertz CT molecular complexity index is 464. The topological polar surface area (TPSA) is 38.0 Å². The second-order valence-corrected chi connectivity index (χ2v) is 5.12. The molecule has 1 heterocycles. The third-order valence-electron chi connectivity index (χ3n) is 3.03. The molecule has 2 unspecified atom stereocenters. The van der Waals surface area contributed by atoms with Gasteiger partial charge in [0, 0.05) is 4.88 Å². The number of hydrogen-bond acceptors (Lipinski definition) is 3. The number of nitrogens with one attached hydrogen (secondary N) is 1. The van der Waals surface area contributed by atoms with Gasteiger partial charge >= 0.3 is 0 Å². The molecule has 2 aromatic rings. The molecule has 0 aliphatic carbocycles. The van der Waals surface area contributed by atoms with Crippen LogP contribution in [0.2, 0.25) is 0 Å². The van der Waals surface area contributed by atoms with Gasteiger partial charge in [0.15, 0.2) is 0 Å². The number of rotatable bonds is 4. The van der Waals surface area contributed by atoms with Gasteiger partial charge in [-0.15, -0.1) is 11.3 Å². The number of hydrogen-bond donors (Lipinski definition) is 2. The number of benzene rings is 1. The lowest BCUT2D eigenvalue weighted by atomic mass is 9.97. The molecule has 0 radical (unpaired) electrons. The molecule has 0 aliphatic rings. The van der Waals surface area contributed by atoms with Crippen LogP contribution in [0, 0.1) is 6.92 Å². The molecule has 2 rings (SSSR count). The summed E-state index contributed by atoms with van der Waals surface area (Å²) < 4.78 is 0. The van der Waals surface area contributed by atoms with Gasteiger partial charge in [-0.2, -0.15) is 0 Å². The molecule has 0 spiro atoms. The minimum Gasteiger partial charge on any atom is -0.322 e. The Morgan fingerprint density at radius 2 is 1.88 bits per heavy atom. The van der Waals surface area contributed by atoms with E-state index in [-0.39, 0.29) is 12.1 Å². The highest BCUT2D eigenvalue weighted by Crippen LogP contribution is 2.31. The normalized spacial score (nSPS) is 14.5. The van der Waals surface area contributed by atoms with Crippen LogP contribution in [-0.2, 0) is 0 Å². The lowest BCUT2D eigenvalue weighted by Gasteiger charge is -2.23. The maximum absolute atomic E-state index is 6.37. The molecule has 17 heavy (non-hydrogen) atoms. The van der Waals surface area contributed by atoms with Crippen LogP contribution in [-0.4, -0.2) is 7.05 Å². The van der Waals surface area contributed by atoms with Crippen LogP contribution in [0.5, 0.6) is 0 Å². The maximum Gasteiger partial charge on any atom is 0.0590 e. The fourth-order valence-electron chi connectivity index (χ4n) is 2.09. The van der Waals surface area contributed by atoms with E-state index in [2.05, 4.69) is 35.8 Å². The lowest BCUT2D eigenvalue weighted by molar-refractivity contribution is 0.496. The Morgan fingerprint density at radius 1 is 1.18 bits per heavy atom. The van der Waals surface area contributed by atoms with Gasteiger partial charge in [-0.1, -0.05) is 30.3 Å². The molecule has 1 aromatic carbocycles. The highest BCUT2D eigenvalue weighted by Gasteiger charge is 2.21. The van der Waals surface area contributed by atoms with Crippen LogP contribution in [0.1, 0.15) is 28.1 Å². The molecular weight excluding hydrogens is 228 g/mol. The van der Waals surface area contributed by atoms with Crippen LogP contribution in [0.3, 0.4) is 0 Å². The standard InChI is InChI=1S/C14H18N2S/c1-10-8-9-17-14(10)12(15)13(16-2)11-6-4-3-5-7-11/h3-9,12-13,16H,15H2,1-2H3. The van der Waals surface area contributed by atoms with Gasteiger partial charge in [0.1, 0.15) is 0 Å². The first kappa shape index (κ1) is 12.3. The second-order valence-electron chi connectivity index (χ2n) is 4.17. The van der Waals surface area contributed by atoms with E-state index >= 15 is 0 Å². The zero-order chi connectivity index (χ0) is 12.3. The number of thiophene rings is 1. The van der Waals surface area contributed by atoms with Crippen molar-refractivity contribution < 1.29 is 0 Å². The van der Waals surface area contributed by atoms with Crippen molar-refractivity contribution in [2.75, 3.05) is 7.05 Å². The molecule has 2 atom stereocenters. The van der Waals surface area contributed by atoms with E-state index in [1.54, 1.807) is 11.3 Å². The third-order valence-corrected chi connectivity index (χ3v) is 4.15. The van der Waals surface area contributed by atoms with E-state index < -0.39 is 0 Å². The molecule has 0 saturated carbocycles. The lowest BCUT2D eigenvalue weighted by Crippen LogP contribution is -2.29. The van der Waals surface area contributed by atoms with Gasteiger partial charge in [-0.3, -0.25) is 0 Å². The molecule has 90 valence electrons. The molecule has 0 amide bonds. The van der Waals surface area contributed by atoms with Gasteiger partial charge in [-0.25, -0.2) is 0 Å². The van der Waals surface area contributed by atoms with Crippen LogP contribution in [0.25, 0.3) is 0 Å². The van der Waals surface area contributed by atoms with Crippen LogP contribution < -0.4 is 11.1 Å². The summed E-state index contributed by atoms with van der Waals surface area (Å²) in [6, 6.07) is 12.6.